The molecule has 2 unspecified atom stereocenters. The summed E-state index contributed by atoms with van der Waals surface area (Å²) in [5.41, 5.74) is 3.36. The molecule has 11 heteroatoms. The van der Waals surface area contributed by atoms with E-state index in [0.717, 1.165) is 15.4 Å². The molecule has 0 saturated heterocycles. The topological polar surface area (TPSA) is 133 Å². The number of anilines is 4. The van der Waals surface area contributed by atoms with E-state index in [9.17, 15) is 27.4 Å². The third-order valence-electron chi connectivity index (χ3n) is 5.88. The molecule has 0 bridgehead atoms. The van der Waals surface area contributed by atoms with Gasteiger partial charge in [-0.1, -0.05) is 35.4 Å². The highest BCUT2D eigenvalue weighted by Gasteiger charge is 2.20. The predicted octanol–water partition coefficient (Wildman–Crippen LogP) is 5.97. The van der Waals surface area contributed by atoms with Crippen LogP contribution in [-0.4, -0.2) is 28.6 Å². The second kappa shape index (κ2) is 11.8. The normalized spacial score (nSPS) is 12.4. The number of carboxylic acid groups (broad SMARTS) is 1. The Balaban J connectivity index is 1.66. The van der Waals surface area contributed by atoms with Crippen LogP contribution in [0.25, 0.3) is 0 Å². The Morgan fingerprint density at radius 2 is 1.13 bits per heavy atom. The second-order valence-electron chi connectivity index (χ2n) is 8.73. The minimum Gasteiger partial charge on any atom is -0.755 e. The summed E-state index contributed by atoms with van der Waals surface area (Å²) in [7, 11) is 0. The van der Waals surface area contributed by atoms with Crippen LogP contribution in [0, 0.1) is 20.8 Å². The monoisotopic (exact) mass is 564 g/mol. The predicted molar refractivity (Wildman–Crippen MR) is 149 cm³/mol. The zero-order chi connectivity index (χ0) is 28.3. The number of aryl methyl sites for hydroxylation is 3. The summed E-state index contributed by atoms with van der Waals surface area (Å²) < 4.78 is 56.2. The van der Waals surface area contributed by atoms with Gasteiger partial charge in [-0.05, 0) is 87.0 Å². The molecule has 0 heterocycles. The minimum atomic E-state index is -2.79. The van der Waals surface area contributed by atoms with Crippen molar-refractivity contribution in [1.29, 1.82) is 0 Å². The third kappa shape index (κ3) is 6.35. The number of hydrogen-bond acceptors (Lipinski definition) is 6. The van der Waals surface area contributed by atoms with Gasteiger partial charge < -0.3 is 18.9 Å². The van der Waals surface area contributed by atoms with E-state index in [1.807, 2.05) is 26.0 Å². The molecule has 1 N–H and O–H groups in total. The van der Waals surface area contributed by atoms with E-state index in [-0.39, 0.29) is 22.7 Å². The number of aromatic carboxylic acids is 1. The molecule has 9 nitrogen and oxygen atoms in total. The number of ether oxygens (including phenoxy) is 1. The van der Waals surface area contributed by atoms with Crippen molar-refractivity contribution < 1.29 is 32.2 Å². The first-order valence-electron chi connectivity index (χ1n) is 11.6. The van der Waals surface area contributed by atoms with Crippen LogP contribution in [0.15, 0.2) is 84.9 Å². The molecular formula is C28H24N2O7S2-2. The average molecular weight is 565 g/mol. The van der Waals surface area contributed by atoms with E-state index >= 15 is 0 Å². The molecule has 4 rings (SSSR count). The van der Waals surface area contributed by atoms with Gasteiger partial charge in [0.2, 0.25) is 0 Å². The minimum absolute atomic E-state index is 0.0507. The van der Waals surface area contributed by atoms with Crippen molar-refractivity contribution in [3.05, 3.63) is 107 Å². The first kappa shape index (κ1) is 28.0. The quantitative estimate of drug-likeness (QED) is 0.248. The molecule has 0 aliphatic rings. The Hall–Kier alpha value is -4.03. The van der Waals surface area contributed by atoms with Crippen LogP contribution in [0.5, 0.6) is 11.5 Å². The van der Waals surface area contributed by atoms with Gasteiger partial charge in [0.1, 0.15) is 11.5 Å². The maximum absolute atomic E-state index is 12.1. The van der Waals surface area contributed by atoms with Gasteiger partial charge in [-0.2, -0.15) is 0 Å². The van der Waals surface area contributed by atoms with Crippen LogP contribution in [-0.2, 0) is 22.5 Å². The number of hydrogen-bond donors (Lipinski definition) is 1. The van der Waals surface area contributed by atoms with Crippen LogP contribution < -0.4 is 13.3 Å². The highest BCUT2D eigenvalue weighted by Crippen LogP contribution is 2.36. The van der Waals surface area contributed by atoms with E-state index in [4.69, 9.17) is 4.74 Å². The van der Waals surface area contributed by atoms with Gasteiger partial charge in [-0.3, -0.25) is 17.0 Å². The SMILES string of the molecule is Cc1ccc(N(c2ccc(Oc3ccc(N(c4ccc(C)cc4)S(=O)[O-])c(C(=O)O)c3)cc2C)S(=O)[O-])cc1. The second-order valence-corrected chi connectivity index (χ2v) is 10.3. The molecule has 0 saturated carbocycles. The van der Waals surface area contributed by atoms with Crippen molar-refractivity contribution in [2.75, 3.05) is 8.61 Å². The van der Waals surface area contributed by atoms with Crippen LogP contribution in [0.1, 0.15) is 27.0 Å². The Morgan fingerprint density at radius 3 is 1.56 bits per heavy atom. The Morgan fingerprint density at radius 1 is 0.692 bits per heavy atom. The van der Waals surface area contributed by atoms with Gasteiger partial charge in [0.15, 0.2) is 0 Å². The summed E-state index contributed by atoms with van der Waals surface area (Å²) >= 11 is -5.37. The van der Waals surface area contributed by atoms with E-state index < -0.39 is 28.5 Å². The van der Waals surface area contributed by atoms with Gasteiger partial charge in [0.25, 0.3) is 0 Å². The fourth-order valence-corrected chi connectivity index (χ4v) is 5.23. The smallest absolute Gasteiger partial charge is 0.337 e. The first-order chi connectivity index (χ1) is 18.5. The van der Waals surface area contributed by atoms with E-state index in [2.05, 4.69) is 0 Å². The molecule has 0 aliphatic carbocycles. The van der Waals surface area contributed by atoms with Crippen molar-refractivity contribution in [3.8, 4) is 11.5 Å². The van der Waals surface area contributed by atoms with Crippen molar-refractivity contribution in [2.24, 2.45) is 0 Å². The van der Waals surface area contributed by atoms with Crippen molar-refractivity contribution in [1.82, 2.24) is 0 Å². The molecule has 202 valence electrons. The maximum Gasteiger partial charge on any atom is 0.337 e. The fourth-order valence-electron chi connectivity index (χ4n) is 3.95. The highest BCUT2D eigenvalue weighted by atomic mass is 32.2. The van der Waals surface area contributed by atoms with Crippen LogP contribution in [0.4, 0.5) is 22.7 Å². The maximum atomic E-state index is 12.1. The number of benzene rings is 4. The molecule has 0 aromatic heterocycles. The lowest BCUT2D eigenvalue weighted by atomic mass is 10.1. The van der Waals surface area contributed by atoms with E-state index in [0.29, 0.717) is 22.7 Å². The van der Waals surface area contributed by atoms with Gasteiger partial charge in [-0.25, -0.2) is 4.79 Å². The standard InChI is InChI=1S/C28H26N2O7S2/c1-18-4-8-21(9-5-18)29(38(33)34)26-14-12-23(16-20(26)3)37-24-13-15-27(25(17-24)28(31)32)30(39(35)36)22-10-6-19(2)7-11-22/h4-17H,1-3H3,(H,31,32)(H,33,34)(H,35,36)/p-2. The molecule has 0 amide bonds. The zero-order valence-electron chi connectivity index (χ0n) is 21.2. The fraction of sp³-hybridized carbons (Fsp3) is 0.107. The summed E-state index contributed by atoms with van der Waals surface area (Å²) in [4.78, 5) is 12.1. The lowest BCUT2D eigenvalue weighted by Crippen LogP contribution is -2.22. The van der Waals surface area contributed by atoms with Crippen LogP contribution in [0.3, 0.4) is 0 Å². The first-order valence-corrected chi connectivity index (χ1v) is 13.7. The van der Waals surface area contributed by atoms with Crippen molar-refractivity contribution in [3.63, 3.8) is 0 Å². The zero-order valence-corrected chi connectivity index (χ0v) is 22.8. The van der Waals surface area contributed by atoms with Gasteiger partial charge in [0.05, 0.1) is 50.8 Å². The van der Waals surface area contributed by atoms with Gasteiger partial charge >= 0.3 is 5.97 Å². The summed E-state index contributed by atoms with van der Waals surface area (Å²) in [5, 5.41) is 9.85. The Labute approximate surface area is 231 Å². The van der Waals surface area contributed by atoms with E-state index in [1.165, 1.54) is 22.5 Å². The average Bonchev–Trinajstić information content (AvgIpc) is 2.88. The lowest BCUT2D eigenvalue weighted by molar-refractivity contribution is 0.0697. The molecule has 0 aliphatic heterocycles. The molecule has 4 aromatic rings. The number of nitrogens with zero attached hydrogens (tertiary/aromatic N) is 2. The molecule has 4 aromatic carbocycles. The summed E-state index contributed by atoms with van der Waals surface area (Å²) in [5.74, 6) is -0.841. The molecule has 0 fully saturated rings. The third-order valence-corrected chi connectivity index (χ3v) is 7.29. The number of carboxylic acids is 1. The molecular weight excluding hydrogens is 540 g/mol. The summed E-state index contributed by atoms with van der Waals surface area (Å²) in [6, 6.07) is 22.5. The largest absolute Gasteiger partial charge is 0.755 e. The van der Waals surface area contributed by atoms with Crippen LogP contribution in [0.2, 0.25) is 0 Å². The summed E-state index contributed by atoms with van der Waals surface area (Å²) in [6.07, 6.45) is 0. The summed E-state index contributed by atoms with van der Waals surface area (Å²) in [6.45, 7) is 5.48. The molecule has 39 heavy (non-hydrogen) atoms. The highest BCUT2D eigenvalue weighted by molar-refractivity contribution is 7.81. The van der Waals surface area contributed by atoms with E-state index in [1.54, 1.807) is 61.5 Å². The van der Waals surface area contributed by atoms with Gasteiger partial charge in [-0.15, -0.1) is 0 Å². The van der Waals surface area contributed by atoms with Gasteiger partial charge in [0, 0.05) is 0 Å². The van der Waals surface area contributed by atoms with Crippen molar-refractivity contribution >= 4 is 51.3 Å². The van der Waals surface area contributed by atoms with Crippen LogP contribution >= 0.6 is 0 Å². The van der Waals surface area contributed by atoms with Crippen molar-refractivity contribution in [2.45, 2.75) is 20.8 Å². The number of rotatable bonds is 9. The Kier molecular flexibility index (Phi) is 8.46. The number of carbonyl (C=O) groups is 1. The molecule has 0 radical (unpaired) electrons. The molecule has 2 atom stereocenters. The lowest BCUT2D eigenvalue weighted by Gasteiger charge is -2.28. The molecule has 0 spiro atoms. The Bertz CT molecular complexity index is 1560.